The predicted molar refractivity (Wildman–Crippen MR) is 147 cm³/mol. The Morgan fingerprint density at radius 3 is 2.38 bits per heavy atom. The summed E-state index contributed by atoms with van der Waals surface area (Å²) in [6.07, 6.45) is 4.09. The minimum Gasteiger partial charge on any atom is -0.495 e. The van der Waals surface area contributed by atoms with Crippen LogP contribution in [0.4, 0.5) is 5.69 Å². The normalized spacial score (nSPS) is 13.5. The van der Waals surface area contributed by atoms with Crippen molar-refractivity contribution < 1.29 is 9.47 Å². The van der Waals surface area contributed by atoms with Crippen LogP contribution in [0.1, 0.15) is 0 Å². The predicted octanol–water partition coefficient (Wildman–Crippen LogP) is 5.54. The number of methoxy groups -OCH3 is 1. The standard InChI is InChI=1S/C24H26N4O2S.3ClH/c1-29-23-5-3-2-4-22(23)27-12-10-26(11-13-27)14-16-30-20-8-6-19(7-9-20)21-18-28-15-17-31-24(28)25-21;;;/h2-9,15,17-18H,10-14,16H2,1H3;3*1H. The highest BCUT2D eigenvalue weighted by Gasteiger charge is 2.19. The minimum absolute atomic E-state index is 0. The Hall–Kier alpha value is -2.16. The van der Waals surface area contributed by atoms with Crippen molar-refractivity contribution in [1.29, 1.82) is 0 Å². The fourth-order valence-electron chi connectivity index (χ4n) is 3.98. The Morgan fingerprint density at radius 1 is 0.941 bits per heavy atom. The molecule has 34 heavy (non-hydrogen) atoms. The van der Waals surface area contributed by atoms with Gasteiger partial charge in [0.2, 0.25) is 0 Å². The lowest BCUT2D eigenvalue weighted by molar-refractivity contribution is 0.200. The van der Waals surface area contributed by atoms with Crippen LogP contribution in [0.5, 0.6) is 11.5 Å². The third-order valence-electron chi connectivity index (χ3n) is 5.72. The zero-order chi connectivity index (χ0) is 21.0. The van der Waals surface area contributed by atoms with Gasteiger partial charge in [-0.25, -0.2) is 4.98 Å². The summed E-state index contributed by atoms with van der Waals surface area (Å²) in [5.41, 5.74) is 3.28. The lowest BCUT2D eigenvalue weighted by atomic mass is 10.2. The van der Waals surface area contributed by atoms with E-state index in [1.165, 1.54) is 5.69 Å². The third kappa shape index (κ3) is 6.29. The highest BCUT2D eigenvalue weighted by atomic mass is 35.5. The van der Waals surface area contributed by atoms with Gasteiger partial charge in [0.15, 0.2) is 4.96 Å². The SMILES string of the molecule is COc1ccccc1N1CCN(CCOc2ccc(-c3cn4ccsc4n3)cc2)CC1.Cl.Cl.Cl. The van der Waals surface area contributed by atoms with Gasteiger partial charge >= 0.3 is 0 Å². The van der Waals surface area contributed by atoms with Crippen LogP contribution in [0.2, 0.25) is 0 Å². The second-order valence-corrected chi connectivity index (χ2v) is 8.47. The van der Waals surface area contributed by atoms with Crippen LogP contribution in [0.15, 0.2) is 66.3 Å². The van der Waals surface area contributed by atoms with E-state index in [1.807, 2.05) is 35.8 Å². The zero-order valence-corrected chi connectivity index (χ0v) is 22.1. The Morgan fingerprint density at radius 2 is 1.68 bits per heavy atom. The van der Waals surface area contributed by atoms with Gasteiger partial charge in [-0.1, -0.05) is 12.1 Å². The number of anilines is 1. The summed E-state index contributed by atoms with van der Waals surface area (Å²) in [7, 11) is 1.73. The number of aromatic nitrogens is 2. The molecule has 5 rings (SSSR count). The van der Waals surface area contributed by atoms with Gasteiger partial charge in [-0.15, -0.1) is 48.6 Å². The summed E-state index contributed by atoms with van der Waals surface area (Å²) in [5.74, 6) is 1.84. The van der Waals surface area contributed by atoms with E-state index >= 15 is 0 Å². The molecule has 6 nitrogen and oxygen atoms in total. The molecule has 0 spiro atoms. The molecule has 0 bridgehead atoms. The van der Waals surface area contributed by atoms with E-state index < -0.39 is 0 Å². The molecule has 4 aromatic rings. The lowest BCUT2D eigenvalue weighted by Crippen LogP contribution is -2.47. The second-order valence-electron chi connectivity index (χ2n) is 7.59. The van der Waals surface area contributed by atoms with E-state index in [0.29, 0.717) is 6.61 Å². The highest BCUT2D eigenvalue weighted by Crippen LogP contribution is 2.28. The maximum Gasteiger partial charge on any atom is 0.194 e. The summed E-state index contributed by atoms with van der Waals surface area (Å²) in [4.78, 5) is 10.5. The first-order chi connectivity index (χ1) is 15.3. The summed E-state index contributed by atoms with van der Waals surface area (Å²) in [5, 5.41) is 2.04. The van der Waals surface area contributed by atoms with Gasteiger partial charge in [0.25, 0.3) is 0 Å². The van der Waals surface area contributed by atoms with Crippen LogP contribution in [0.3, 0.4) is 0 Å². The largest absolute Gasteiger partial charge is 0.495 e. The van der Waals surface area contributed by atoms with E-state index in [-0.39, 0.29) is 37.2 Å². The van der Waals surface area contributed by atoms with Crippen molar-refractivity contribution >= 4 is 59.2 Å². The number of nitrogens with zero attached hydrogens (tertiary/aromatic N) is 4. The number of benzene rings is 2. The number of piperazine rings is 1. The first-order valence-electron chi connectivity index (χ1n) is 10.6. The molecular weight excluding hydrogens is 515 g/mol. The molecule has 10 heteroatoms. The molecule has 184 valence electrons. The maximum absolute atomic E-state index is 5.99. The Labute approximate surface area is 222 Å². The lowest BCUT2D eigenvalue weighted by Gasteiger charge is -2.36. The van der Waals surface area contributed by atoms with Gasteiger partial charge in [0.1, 0.15) is 18.1 Å². The van der Waals surface area contributed by atoms with Crippen molar-refractivity contribution in [3.63, 3.8) is 0 Å². The number of fused-ring (bicyclic) bond motifs is 1. The first kappa shape index (κ1) is 28.1. The number of hydrogen-bond donors (Lipinski definition) is 0. The summed E-state index contributed by atoms with van der Waals surface area (Å²) in [6.45, 7) is 5.66. The summed E-state index contributed by atoms with van der Waals surface area (Å²) >= 11 is 1.64. The zero-order valence-electron chi connectivity index (χ0n) is 18.8. The van der Waals surface area contributed by atoms with Gasteiger partial charge in [-0.05, 0) is 36.4 Å². The van der Waals surface area contributed by atoms with Gasteiger partial charge in [-0.3, -0.25) is 9.30 Å². The number of rotatable bonds is 7. The quantitative estimate of drug-likeness (QED) is 0.306. The molecule has 0 saturated carbocycles. The van der Waals surface area contributed by atoms with E-state index in [4.69, 9.17) is 9.47 Å². The van der Waals surface area contributed by atoms with Crippen LogP contribution in [0, 0.1) is 0 Å². The summed E-state index contributed by atoms with van der Waals surface area (Å²) in [6, 6.07) is 16.5. The van der Waals surface area contributed by atoms with Crippen molar-refractivity contribution in [3.05, 3.63) is 66.3 Å². The molecule has 1 aliphatic heterocycles. The number of thiazole rings is 1. The fraction of sp³-hybridized carbons (Fsp3) is 0.292. The van der Waals surface area contributed by atoms with E-state index in [1.54, 1.807) is 18.4 Å². The Kier molecular flexibility index (Phi) is 10.8. The number of hydrogen-bond acceptors (Lipinski definition) is 6. The average Bonchev–Trinajstić information content (AvgIpc) is 3.43. The van der Waals surface area contributed by atoms with E-state index in [0.717, 1.165) is 60.4 Å². The molecule has 1 aliphatic rings. The topological polar surface area (TPSA) is 42.2 Å². The van der Waals surface area contributed by atoms with Gasteiger partial charge in [0, 0.05) is 56.1 Å². The molecule has 3 heterocycles. The van der Waals surface area contributed by atoms with Crippen molar-refractivity contribution in [2.75, 3.05) is 51.3 Å². The highest BCUT2D eigenvalue weighted by molar-refractivity contribution is 7.15. The molecular formula is C24H29Cl3N4O2S. The van der Waals surface area contributed by atoms with Crippen molar-refractivity contribution in [1.82, 2.24) is 14.3 Å². The summed E-state index contributed by atoms with van der Waals surface area (Å²) < 4.78 is 13.6. The molecule has 2 aromatic carbocycles. The molecule has 0 atom stereocenters. The van der Waals surface area contributed by atoms with Crippen molar-refractivity contribution in [2.45, 2.75) is 0 Å². The molecule has 1 fully saturated rings. The number of para-hydroxylation sites is 2. The first-order valence-corrected chi connectivity index (χ1v) is 11.4. The molecule has 0 amide bonds. The van der Waals surface area contributed by atoms with Crippen molar-refractivity contribution in [3.8, 4) is 22.8 Å². The maximum atomic E-state index is 5.99. The monoisotopic (exact) mass is 542 g/mol. The smallest absolute Gasteiger partial charge is 0.194 e. The average molecular weight is 544 g/mol. The molecule has 2 aromatic heterocycles. The Bertz CT molecular complexity index is 1120. The van der Waals surface area contributed by atoms with Gasteiger partial charge < -0.3 is 14.4 Å². The van der Waals surface area contributed by atoms with Gasteiger partial charge in [0.05, 0.1) is 18.5 Å². The number of ether oxygens (including phenoxy) is 2. The van der Waals surface area contributed by atoms with E-state index in [9.17, 15) is 0 Å². The van der Waals surface area contributed by atoms with E-state index in [2.05, 4.69) is 49.6 Å². The third-order valence-corrected chi connectivity index (χ3v) is 6.49. The van der Waals surface area contributed by atoms with Crippen LogP contribution >= 0.6 is 48.6 Å². The molecule has 0 N–H and O–H groups in total. The molecule has 0 unspecified atom stereocenters. The molecule has 1 saturated heterocycles. The van der Waals surface area contributed by atoms with Crippen LogP contribution in [-0.4, -0.2) is 60.7 Å². The molecule has 0 aliphatic carbocycles. The van der Waals surface area contributed by atoms with Crippen LogP contribution < -0.4 is 14.4 Å². The molecule has 0 radical (unpaired) electrons. The fourth-order valence-corrected chi connectivity index (χ4v) is 4.68. The Balaban J connectivity index is 0.00000136. The minimum atomic E-state index is 0. The number of halogens is 3. The second kappa shape index (κ2) is 13.1. The number of imidazole rings is 1. The van der Waals surface area contributed by atoms with Crippen LogP contribution in [0.25, 0.3) is 16.2 Å². The van der Waals surface area contributed by atoms with Crippen molar-refractivity contribution in [2.24, 2.45) is 0 Å². The van der Waals surface area contributed by atoms with Gasteiger partial charge in [-0.2, -0.15) is 0 Å². The van der Waals surface area contributed by atoms with Crippen LogP contribution in [-0.2, 0) is 0 Å².